The topological polar surface area (TPSA) is 93.2 Å². The van der Waals surface area contributed by atoms with Gasteiger partial charge in [-0.15, -0.1) is 13.2 Å². The first-order chi connectivity index (χ1) is 19.1. The number of hydrogen-bond acceptors (Lipinski definition) is 6. The molecule has 1 aromatic rings. The lowest BCUT2D eigenvalue weighted by molar-refractivity contribution is -0.167. The number of ether oxygens (including phenoxy) is 2. The average molecular weight is 553 g/mol. The van der Waals surface area contributed by atoms with Crippen LogP contribution in [-0.4, -0.2) is 71.3 Å². The third-order valence-electron chi connectivity index (χ3n) is 8.10. The number of rotatable bonds is 15. The number of benzene rings is 1. The molecule has 2 aliphatic heterocycles. The van der Waals surface area contributed by atoms with E-state index < -0.39 is 29.3 Å². The Morgan fingerprint density at radius 3 is 2.40 bits per heavy atom. The summed E-state index contributed by atoms with van der Waals surface area (Å²) in [4.78, 5) is 56.0. The second-order valence-corrected chi connectivity index (χ2v) is 11.4. The molecular weight excluding hydrogens is 508 g/mol. The smallest absolute Gasteiger partial charge is 0.309 e. The van der Waals surface area contributed by atoms with E-state index in [0.717, 1.165) is 18.4 Å². The van der Waals surface area contributed by atoms with Crippen LogP contribution in [0.3, 0.4) is 0 Å². The van der Waals surface area contributed by atoms with Gasteiger partial charge in [-0.1, -0.05) is 63.3 Å². The number of fused-ring (bicyclic) bond motifs is 2. The zero-order valence-corrected chi connectivity index (χ0v) is 24.2. The summed E-state index contributed by atoms with van der Waals surface area (Å²) in [6.45, 7) is 13.7. The van der Waals surface area contributed by atoms with Gasteiger partial charge in [0.2, 0.25) is 11.7 Å². The summed E-state index contributed by atoms with van der Waals surface area (Å²) in [6.07, 6.45) is 6.37. The van der Waals surface area contributed by atoms with E-state index in [9.17, 15) is 19.2 Å². The van der Waals surface area contributed by atoms with Gasteiger partial charge in [0.15, 0.2) is 0 Å². The van der Waals surface area contributed by atoms with Crippen LogP contribution in [0.15, 0.2) is 55.6 Å². The average Bonchev–Trinajstić information content (AvgIpc) is 2.96. The first-order valence-electron chi connectivity index (χ1n) is 14.3. The minimum atomic E-state index is -0.777. The number of ketones is 1. The predicted molar refractivity (Wildman–Crippen MR) is 153 cm³/mol. The highest BCUT2D eigenvalue weighted by atomic mass is 16.6. The largest absolute Gasteiger partial charge is 0.463 e. The summed E-state index contributed by atoms with van der Waals surface area (Å²) in [5, 5.41) is 0. The molecule has 0 radical (unpaired) electrons. The highest BCUT2D eigenvalue weighted by molar-refractivity contribution is 6.38. The maximum absolute atomic E-state index is 13.7. The predicted octanol–water partition coefficient (Wildman–Crippen LogP) is 4.48. The molecule has 2 bridgehead atoms. The van der Waals surface area contributed by atoms with E-state index in [-0.39, 0.29) is 37.0 Å². The maximum Gasteiger partial charge on any atom is 0.309 e. The lowest BCUT2D eigenvalue weighted by atomic mass is 9.82. The quantitative estimate of drug-likeness (QED) is 0.181. The number of amides is 2. The van der Waals surface area contributed by atoms with Crippen molar-refractivity contribution in [3.05, 3.63) is 61.2 Å². The van der Waals surface area contributed by atoms with Crippen LogP contribution in [-0.2, 0) is 35.3 Å². The highest BCUT2D eigenvalue weighted by Gasteiger charge is 2.48. The number of carbonyl (C=O) groups is 4. The van der Waals surface area contributed by atoms with Crippen LogP contribution in [0.5, 0.6) is 0 Å². The number of Topliss-reactive ketones (excluding diaryl/α,β-unsaturated/α-hetero) is 1. The lowest BCUT2D eigenvalue weighted by Crippen LogP contribution is -2.67. The van der Waals surface area contributed by atoms with E-state index in [1.165, 1.54) is 4.90 Å². The molecule has 3 atom stereocenters. The van der Waals surface area contributed by atoms with Gasteiger partial charge in [-0.05, 0) is 44.1 Å². The minimum absolute atomic E-state index is 0.0125. The zero-order valence-electron chi connectivity index (χ0n) is 24.2. The fourth-order valence-corrected chi connectivity index (χ4v) is 5.27. The van der Waals surface area contributed by atoms with E-state index in [1.54, 1.807) is 30.9 Å². The first-order valence-corrected chi connectivity index (χ1v) is 14.3. The molecule has 2 saturated heterocycles. The van der Waals surface area contributed by atoms with Crippen LogP contribution in [0.2, 0.25) is 0 Å². The fraction of sp³-hybridized carbons (Fsp3) is 0.562. The SMILES string of the molecule is C=CCC(CC=C)C(=O)OC[C@H](CN1CC2CCCC(C1=O)N2C(=O)C(=O)C(C)(C)CC)OCc1ccccc1. The van der Waals surface area contributed by atoms with Crippen molar-refractivity contribution in [3.63, 3.8) is 0 Å². The Kier molecular flexibility index (Phi) is 11.3. The van der Waals surface area contributed by atoms with E-state index >= 15 is 0 Å². The molecule has 0 N–H and O–H groups in total. The molecule has 2 aliphatic rings. The van der Waals surface area contributed by atoms with Gasteiger partial charge in [-0.25, -0.2) is 0 Å². The zero-order chi connectivity index (χ0) is 29.3. The molecule has 0 saturated carbocycles. The van der Waals surface area contributed by atoms with E-state index in [4.69, 9.17) is 9.47 Å². The van der Waals surface area contributed by atoms with Gasteiger partial charge in [-0.3, -0.25) is 19.2 Å². The van der Waals surface area contributed by atoms with E-state index in [2.05, 4.69) is 13.2 Å². The molecule has 218 valence electrons. The van der Waals surface area contributed by atoms with Gasteiger partial charge < -0.3 is 19.3 Å². The monoisotopic (exact) mass is 552 g/mol. The Bertz CT molecular complexity index is 1060. The number of piperazine rings is 1. The van der Waals surface area contributed by atoms with Gasteiger partial charge >= 0.3 is 5.97 Å². The Morgan fingerprint density at radius 2 is 1.77 bits per heavy atom. The van der Waals surface area contributed by atoms with Crippen molar-refractivity contribution in [1.29, 1.82) is 0 Å². The van der Waals surface area contributed by atoms with Crippen LogP contribution in [0, 0.1) is 11.3 Å². The van der Waals surface area contributed by atoms with Crippen molar-refractivity contribution < 1.29 is 28.7 Å². The molecule has 8 heteroatoms. The lowest BCUT2D eigenvalue weighted by Gasteiger charge is -2.49. The molecular formula is C32H44N2O6. The molecule has 8 nitrogen and oxygen atoms in total. The first kappa shape index (κ1) is 31.3. The van der Waals surface area contributed by atoms with Gasteiger partial charge in [0.1, 0.15) is 18.8 Å². The third kappa shape index (κ3) is 7.68. The summed E-state index contributed by atoms with van der Waals surface area (Å²) >= 11 is 0. The molecule has 1 aromatic carbocycles. The molecule has 0 aliphatic carbocycles. The van der Waals surface area contributed by atoms with Crippen molar-refractivity contribution in [2.24, 2.45) is 11.3 Å². The Hall–Kier alpha value is -3.26. The van der Waals surface area contributed by atoms with Gasteiger partial charge in [0.25, 0.3) is 5.91 Å². The number of nitrogens with zero attached hydrogens (tertiary/aromatic N) is 2. The molecule has 2 fully saturated rings. The number of esters is 1. The summed E-state index contributed by atoms with van der Waals surface area (Å²) in [7, 11) is 0. The molecule has 2 unspecified atom stereocenters. The molecule has 2 heterocycles. The van der Waals surface area contributed by atoms with Gasteiger partial charge in [0.05, 0.1) is 25.1 Å². The van der Waals surface area contributed by atoms with Crippen molar-refractivity contribution in [1.82, 2.24) is 9.80 Å². The number of piperidine rings is 1. The van der Waals surface area contributed by atoms with Gasteiger partial charge in [0, 0.05) is 12.0 Å². The minimum Gasteiger partial charge on any atom is -0.463 e. The van der Waals surface area contributed by atoms with Crippen molar-refractivity contribution >= 4 is 23.6 Å². The second-order valence-electron chi connectivity index (χ2n) is 11.4. The van der Waals surface area contributed by atoms with Crippen LogP contribution >= 0.6 is 0 Å². The molecule has 0 spiro atoms. The molecule has 3 rings (SSSR count). The van der Waals surface area contributed by atoms with Crippen LogP contribution in [0.4, 0.5) is 0 Å². The van der Waals surface area contributed by atoms with Crippen LogP contribution in [0.1, 0.15) is 64.9 Å². The fourth-order valence-electron chi connectivity index (χ4n) is 5.27. The normalized spacial score (nSPS) is 19.8. The highest BCUT2D eigenvalue weighted by Crippen LogP contribution is 2.32. The van der Waals surface area contributed by atoms with Crippen LogP contribution < -0.4 is 0 Å². The summed E-state index contributed by atoms with van der Waals surface area (Å²) in [5.74, 6) is -1.93. The molecule has 0 aromatic heterocycles. The number of carbonyl (C=O) groups excluding carboxylic acids is 4. The second kappa shape index (κ2) is 14.4. The van der Waals surface area contributed by atoms with Gasteiger partial charge in [-0.2, -0.15) is 0 Å². The maximum atomic E-state index is 13.7. The van der Waals surface area contributed by atoms with E-state index in [0.29, 0.717) is 38.8 Å². The van der Waals surface area contributed by atoms with Crippen molar-refractivity contribution in [2.45, 2.75) is 84.1 Å². The number of likely N-dealkylation sites (tertiary alicyclic amines) is 1. The molecule has 40 heavy (non-hydrogen) atoms. The van der Waals surface area contributed by atoms with E-state index in [1.807, 2.05) is 37.3 Å². The summed E-state index contributed by atoms with van der Waals surface area (Å²) in [5.41, 5.74) is 0.187. The molecule has 2 amide bonds. The van der Waals surface area contributed by atoms with Crippen molar-refractivity contribution in [3.8, 4) is 0 Å². The number of allylic oxidation sites excluding steroid dienone is 2. The van der Waals surface area contributed by atoms with Crippen molar-refractivity contribution in [2.75, 3.05) is 19.7 Å². The van der Waals surface area contributed by atoms with Crippen LogP contribution in [0.25, 0.3) is 0 Å². The Morgan fingerprint density at radius 1 is 1.10 bits per heavy atom. The Labute approximate surface area is 238 Å². The number of hydrogen-bond donors (Lipinski definition) is 0. The third-order valence-corrected chi connectivity index (χ3v) is 8.10. The summed E-state index contributed by atoms with van der Waals surface area (Å²) in [6, 6.07) is 8.76. The standard InChI is InChI=1S/C32H44N2O6/c1-6-13-24(14-7-2)31(38)40-22-26(39-21-23-15-10-9-11-16-23)20-33-19-25-17-12-18-27(29(33)36)34(25)30(37)28(35)32(4,5)8-3/h6-7,9-11,15-16,24-27H,1-2,8,12-14,17-22H2,3-5H3/t25?,26-,27?/m0/s1. The Balaban J connectivity index is 1.74. The summed E-state index contributed by atoms with van der Waals surface area (Å²) < 4.78 is 11.8.